The van der Waals surface area contributed by atoms with Crippen molar-refractivity contribution in [2.24, 2.45) is 0 Å². The molecule has 2 N–H and O–H groups in total. The van der Waals surface area contributed by atoms with Gasteiger partial charge in [-0.2, -0.15) is 0 Å². The summed E-state index contributed by atoms with van der Waals surface area (Å²) in [6.45, 7) is 2.36. The number of nitrogens with two attached hydrogens (primary N) is 1. The average Bonchev–Trinajstić information content (AvgIpc) is 2.26. The van der Waals surface area contributed by atoms with Gasteiger partial charge in [-0.25, -0.2) is 4.79 Å². The second-order valence-electron chi connectivity index (χ2n) is 3.09. The summed E-state index contributed by atoms with van der Waals surface area (Å²) in [4.78, 5) is 11.5. The Labute approximate surface area is 89.0 Å². The van der Waals surface area contributed by atoms with E-state index >= 15 is 0 Å². The summed E-state index contributed by atoms with van der Waals surface area (Å²) in [5.41, 5.74) is 6.58. The highest BCUT2D eigenvalue weighted by Gasteiger charge is 2.09. The molecule has 0 bridgehead atoms. The van der Waals surface area contributed by atoms with Crippen LogP contribution < -0.4 is 10.5 Å². The van der Waals surface area contributed by atoms with Crippen molar-refractivity contribution >= 4 is 11.7 Å². The number of methoxy groups -OCH3 is 1. The van der Waals surface area contributed by atoms with Crippen molar-refractivity contribution in [1.82, 2.24) is 0 Å². The number of ether oxygens (including phenoxy) is 2. The first kappa shape index (κ1) is 11.4. The molecule has 0 amide bonds. The monoisotopic (exact) mass is 209 g/mol. The van der Waals surface area contributed by atoms with E-state index < -0.39 is 0 Å². The van der Waals surface area contributed by atoms with Crippen LogP contribution in [0.2, 0.25) is 0 Å². The summed E-state index contributed by atoms with van der Waals surface area (Å²) in [7, 11) is 1.51. The minimum absolute atomic E-state index is 0.352. The second-order valence-corrected chi connectivity index (χ2v) is 3.09. The standard InChI is InChI=1S/C11H15NO3/c1-3-6-15-11(13)8-4-5-9(12)10(7-8)14-2/h4-5,7H,3,6,12H2,1-2H3. The topological polar surface area (TPSA) is 61.5 Å². The van der Waals surface area contributed by atoms with Gasteiger partial charge in [-0.05, 0) is 24.6 Å². The molecule has 0 aliphatic heterocycles. The molecule has 0 aliphatic carbocycles. The predicted octanol–water partition coefficient (Wildman–Crippen LogP) is 1.84. The summed E-state index contributed by atoms with van der Waals surface area (Å²) in [6, 6.07) is 4.82. The van der Waals surface area contributed by atoms with E-state index in [1.807, 2.05) is 6.92 Å². The quantitative estimate of drug-likeness (QED) is 0.607. The first-order valence-corrected chi connectivity index (χ1v) is 4.79. The van der Waals surface area contributed by atoms with Crippen LogP contribution in [0.15, 0.2) is 18.2 Å². The van der Waals surface area contributed by atoms with Crippen LogP contribution in [0.25, 0.3) is 0 Å². The molecule has 0 saturated heterocycles. The Morgan fingerprint density at radius 1 is 1.47 bits per heavy atom. The molecule has 4 nitrogen and oxygen atoms in total. The molecule has 0 fully saturated rings. The van der Waals surface area contributed by atoms with Gasteiger partial charge in [0.15, 0.2) is 0 Å². The molecule has 82 valence electrons. The minimum atomic E-state index is -0.352. The molecule has 1 aromatic rings. The lowest BCUT2D eigenvalue weighted by Crippen LogP contribution is -2.06. The predicted molar refractivity (Wildman–Crippen MR) is 58.0 cm³/mol. The fourth-order valence-electron chi connectivity index (χ4n) is 1.12. The van der Waals surface area contributed by atoms with Crippen LogP contribution in [0, 0.1) is 0 Å². The molecule has 0 unspecified atom stereocenters. The van der Waals surface area contributed by atoms with Crippen molar-refractivity contribution in [3.63, 3.8) is 0 Å². The summed E-state index contributed by atoms with van der Waals surface area (Å²) >= 11 is 0. The van der Waals surface area contributed by atoms with Crippen molar-refractivity contribution in [2.45, 2.75) is 13.3 Å². The van der Waals surface area contributed by atoms with Crippen LogP contribution in [0.4, 0.5) is 5.69 Å². The summed E-state index contributed by atoms with van der Waals surface area (Å²) in [6.07, 6.45) is 0.803. The molecule has 0 saturated carbocycles. The molecule has 0 spiro atoms. The lowest BCUT2D eigenvalue weighted by molar-refractivity contribution is 0.0505. The van der Waals surface area contributed by atoms with Crippen LogP contribution in [-0.2, 0) is 4.74 Å². The first-order valence-electron chi connectivity index (χ1n) is 4.79. The van der Waals surface area contributed by atoms with E-state index in [0.29, 0.717) is 23.6 Å². The number of hydrogen-bond donors (Lipinski definition) is 1. The summed E-state index contributed by atoms with van der Waals surface area (Å²) < 4.78 is 9.99. The van der Waals surface area contributed by atoms with Gasteiger partial charge in [-0.3, -0.25) is 0 Å². The Morgan fingerprint density at radius 2 is 2.20 bits per heavy atom. The Morgan fingerprint density at radius 3 is 2.80 bits per heavy atom. The van der Waals surface area contributed by atoms with Gasteiger partial charge in [0.25, 0.3) is 0 Å². The third-order valence-electron chi connectivity index (χ3n) is 1.91. The van der Waals surface area contributed by atoms with E-state index in [2.05, 4.69) is 0 Å². The minimum Gasteiger partial charge on any atom is -0.495 e. The van der Waals surface area contributed by atoms with Crippen LogP contribution in [0.1, 0.15) is 23.7 Å². The van der Waals surface area contributed by atoms with Gasteiger partial charge in [0, 0.05) is 0 Å². The van der Waals surface area contributed by atoms with Gasteiger partial charge >= 0.3 is 5.97 Å². The molecular weight excluding hydrogens is 194 g/mol. The Balaban J connectivity index is 2.81. The molecular formula is C11H15NO3. The van der Waals surface area contributed by atoms with Gasteiger partial charge < -0.3 is 15.2 Å². The number of carbonyl (C=O) groups is 1. The summed E-state index contributed by atoms with van der Waals surface area (Å²) in [5.74, 6) is 0.135. The highest BCUT2D eigenvalue weighted by molar-refractivity contribution is 5.90. The van der Waals surface area contributed by atoms with E-state index in [-0.39, 0.29) is 5.97 Å². The normalized spacial score (nSPS) is 9.73. The summed E-state index contributed by atoms with van der Waals surface area (Å²) in [5, 5.41) is 0. The average molecular weight is 209 g/mol. The first-order chi connectivity index (χ1) is 7.19. The molecule has 0 radical (unpaired) electrons. The van der Waals surface area contributed by atoms with Crippen molar-refractivity contribution in [3.05, 3.63) is 23.8 Å². The highest BCUT2D eigenvalue weighted by atomic mass is 16.5. The van der Waals surface area contributed by atoms with E-state index in [1.54, 1.807) is 18.2 Å². The number of hydrogen-bond acceptors (Lipinski definition) is 4. The zero-order valence-corrected chi connectivity index (χ0v) is 8.95. The zero-order valence-electron chi connectivity index (χ0n) is 8.95. The third-order valence-corrected chi connectivity index (χ3v) is 1.91. The molecule has 0 heterocycles. The second kappa shape index (κ2) is 5.24. The highest BCUT2D eigenvalue weighted by Crippen LogP contribution is 2.22. The smallest absolute Gasteiger partial charge is 0.338 e. The molecule has 15 heavy (non-hydrogen) atoms. The van der Waals surface area contributed by atoms with Gasteiger partial charge in [-0.1, -0.05) is 6.92 Å². The number of carbonyl (C=O) groups excluding carboxylic acids is 1. The maximum Gasteiger partial charge on any atom is 0.338 e. The van der Waals surface area contributed by atoms with Crippen LogP contribution >= 0.6 is 0 Å². The van der Waals surface area contributed by atoms with Gasteiger partial charge in [0.2, 0.25) is 0 Å². The molecule has 4 heteroatoms. The number of rotatable bonds is 4. The number of nitrogen functional groups attached to an aromatic ring is 1. The van der Waals surface area contributed by atoms with Gasteiger partial charge in [-0.15, -0.1) is 0 Å². The van der Waals surface area contributed by atoms with Crippen LogP contribution in [-0.4, -0.2) is 19.7 Å². The van der Waals surface area contributed by atoms with E-state index in [0.717, 1.165) is 6.42 Å². The van der Waals surface area contributed by atoms with E-state index in [4.69, 9.17) is 15.2 Å². The zero-order chi connectivity index (χ0) is 11.3. The molecule has 0 aliphatic rings. The number of esters is 1. The van der Waals surface area contributed by atoms with Crippen molar-refractivity contribution in [2.75, 3.05) is 19.5 Å². The fourth-order valence-corrected chi connectivity index (χ4v) is 1.12. The molecule has 0 atom stereocenters. The number of anilines is 1. The molecule has 0 aromatic heterocycles. The SMILES string of the molecule is CCCOC(=O)c1ccc(N)c(OC)c1. The van der Waals surface area contributed by atoms with Crippen molar-refractivity contribution in [3.8, 4) is 5.75 Å². The Bertz CT molecular complexity index is 350. The lowest BCUT2D eigenvalue weighted by atomic mass is 10.2. The van der Waals surface area contributed by atoms with Crippen LogP contribution in [0.3, 0.4) is 0 Å². The Kier molecular flexibility index (Phi) is 3.97. The van der Waals surface area contributed by atoms with Crippen LogP contribution in [0.5, 0.6) is 5.75 Å². The fraction of sp³-hybridized carbons (Fsp3) is 0.364. The van der Waals surface area contributed by atoms with E-state index in [9.17, 15) is 4.79 Å². The van der Waals surface area contributed by atoms with Crippen molar-refractivity contribution in [1.29, 1.82) is 0 Å². The Hall–Kier alpha value is -1.71. The largest absolute Gasteiger partial charge is 0.495 e. The third kappa shape index (κ3) is 2.87. The lowest BCUT2D eigenvalue weighted by Gasteiger charge is -2.07. The van der Waals surface area contributed by atoms with Gasteiger partial charge in [0.1, 0.15) is 5.75 Å². The van der Waals surface area contributed by atoms with E-state index in [1.165, 1.54) is 7.11 Å². The maximum absolute atomic E-state index is 11.5. The maximum atomic E-state index is 11.5. The molecule has 1 aromatic carbocycles. The van der Waals surface area contributed by atoms with Gasteiger partial charge in [0.05, 0.1) is 25.0 Å². The number of benzene rings is 1. The van der Waals surface area contributed by atoms with Crippen molar-refractivity contribution < 1.29 is 14.3 Å². The molecule has 1 rings (SSSR count).